The Morgan fingerprint density at radius 1 is 1.19 bits per heavy atom. The molecule has 1 atom stereocenters. The summed E-state index contributed by atoms with van der Waals surface area (Å²) in [5.74, 6) is -0.751. The van der Waals surface area contributed by atoms with E-state index in [1.165, 1.54) is 30.3 Å². The fourth-order valence-corrected chi connectivity index (χ4v) is 3.51. The van der Waals surface area contributed by atoms with Gasteiger partial charge in [0.05, 0.1) is 16.4 Å². The zero-order chi connectivity index (χ0) is 19.2. The normalized spacial score (nSPS) is 12.3. The molecule has 0 saturated carbocycles. The summed E-state index contributed by atoms with van der Waals surface area (Å²) in [6.45, 7) is 1.69. The molecule has 0 aliphatic heterocycles. The quantitative estimate of drug-likeness (QED) is 0.427. The van der Waals surface area contributed by atoms with E-state index in [2.05, 4.69) is 4.72 Å². The molecule has 0 aliphatic carbocycles. The largest absolute Gasteiger partial charge is 0.465 e. The number of hydrogen-bond acceptors (Lipinski definition) is 6. The lowest BCUT2D eigenvalue weighted by Gasteiger charge is -2.17. The number of rotatable bonds is 8. The number of nitro benzene ring substituents is 1. The minimum Gasteiger partial charge on any atom is -0.465 e. The van der Waals surface area contributed by atoms with Crippen molar-refractivity contribution in [2.24, 2.45) is 0 Å². The smallest absolute Gasteiger partial charge is 0.324 e. The maximum Gasteiger partial charge on any atom is 0.324 e. The molecule has 0 amide bonds. The summed E-state index contributed by atoms with van der Waals surface area (Å²) in [5.41, 5.74) is 0.295. The van der Waals surface area contributed by atoms with Crippen molar-refractivity contribution in [3.63, 3.8) is 0 Å². The molecule has 0 aliphatic rings. The SMILES string of the molecule is CCOC(=O)C(Cc1cccc([N+](=O)[O-])c1)NS(=O)(=O)c1ccccc1. The lowest BCUT2D eigenvalue weighted by atomic mass is 10.1. The van der Waals surface area contributed by atoms with Crippen molar-refractivity contribution in [1.82, 2.24) is 4.72 Å². The number of ether oxygens (including phenoxy) is 1. The standard InChI is InChI=1S/C17H18N2O6S/c1-2-25-17(20)16(12-13-7-6-8-14(11-13)19(21)22)18-26(23,24)15-9-4-3-5-10-15/h3-11,16,18H,2,12H2,1H3. The summed E-state index contributed by atoms with van der Waals surface area (Å²) in [7, 11) is -3.95. The lowest BCUT2D eigenvalue weighted by Crippen LogP contribution is -2.43. The molecule has 0 aromatic heterocycles. The van der Waals surface area contributed by atoms with Gasteiger partial charge >= 0.3 is 5.97 Å². The van der Waals surface area contributed by atoms with Gasteiger partial charge in [0.2, 0.25) is 10.0 Å². The first-order valence-electron chi connectivity index (χ1n) is 7.81. The molecule has 2 aromatic rings. The Bertz CT molecular complexity index is 883. The molecule has 2 rings (SSSR count). The first kappa shape index (κ1) is 19.5. The van der Waals surface area contributed by atoms with E-state index in [1.54, 1.807) is 31.2 Å². The number of esters is 1. The number of nitrogens with one attached hydrogen (secondary N) is 1. The molecule has 0 saturated heterocycles. The van der Waals surface area contributed by atoms with Crippen LogP contribution in [0.2, 0.25) is 0 Å². The topological polar surface area (TPSA) is 116 Å². The summed E-state index contributed by atoms with van der Waals surface area (Å²) < 4.78 is 32.2. The van der Waals surface area contributed by atoms with Gasteiger partial charge < -0.3 is 4.74 Å². The number of non-ortho nitro benzene ring substituents is 1. The Labute approximate surface area is 151 Å². The van der Waals surface area contributed by atoms with E-state index < -0.39 is 27.0 Å². The average molecular weight is 378 g/mol. The van der Waals surface area contributed by atoms with E-state index in [0.29, 0.717) is 5.56 Å². The Morgan fingerprint density at radius 3 is 2.50 bits per heavy atom. The van der Waals surface area contributed by atoms with E-state index in [4.69, 9.17) is 4.74 Å². The van der Waals surface area contributed by atoms with Gasteiger partial charge in [-0.1, -0.05) is 30.3 Å². The third kappa shape index (κ3) is 5.11. The number of carbonyl (C=O) groups is 1. The summed E-state index contributed by atoms with van der Waals surface area (Å²) in [6.07, 6.45) is -0.0768. The first-order chi connectivity index (χ1) is 12.3. The van der Waals surface area contributed by atoms with Crippen LogP contribution in [0.4, 0.5) is 5.69 Å². The van der Waals surface area contributed by atoms with Crippen LogP contribution in [0.25, 0.3) is 0 Å². The first-order valence-corrected chi connectivity index (χ1v) is 9.29. The Balaban J connectivity index is 2.28. The monoisotopic (exact) mass is 378 g/mol. The van der Waals surface area contributed by atoms with Gasteiger partial charge in [-0.25, -0.2) is 8.42 Å². The van der Waals surface area contributed by atoms with Gasteiger partial charge in [-0.3, -0.25) is 14.9 Å². The molecule has 1 unspecified atom stereocenters. The van der Waals surface area contributed by atoms with Gasteiger partial charge in [-0.15, -0.1) is 0 Å². The molecular formula is C17H18N2O6S. The highest BCUT2D eigenvalue weighted by Crippen LogP contribution is 2.16. The van der Waals surface area contributed by atoms with Crippen molar-refractivity contribution in [3.05, 3.63) is 70.3 Å². The molecule has 9 heteroatoms. The van der Waals surface area contributed by atoms with Crippen LogP contribution in [0.5, 0.6) is 0 Å². The Hall–Kier alpha value is -2.78. The van der Waals surface area contributed by atoms with Gasteiger partial charge in [0, 0.05) is 12.1 Å². The third-order valence-electron chi connectivity index (χ3n) is 3.48. The molecule has 2 aromatic carbocycles. The van der Waals surface area contributed by atoms with E-state index in [-0.39, 0.29) is 23.6 Å². The minimum absolute atomic E-state index is 0.00772. The molecule has 0 bridgehead atoms. The van der Waals surface area contributed by atoms with Crippen LogP contribution in [0, 0.1) is 10.1 Å². The Kier molecular flexibility index (Phi) is 6.42. The maximum absolute atomic E-state index is 12.5. The second kappa shape index (κ2) is 8.54. The molecule has 26 heavy (non-hydrogen) atoms. The summed E-state index contributed by atoms with van der Waals surface area (Å²) >= 11 is 0. The zero-order valence-electron chi connectivity index (χ0n) is 14.0. The molecule has 8 nitrogen and oxygen atoms in total. The maximum atomic E-state index is 12.5. The van der Waals surface area contributed by atoms with Crippen LogP contribution >= 0.6 is 0 Å². The van der Waals surface area contributed by atoms with Crippen molar-refractivity contribution in [2.45, 2.75) is 24.3 Å². The van der Waals surface area contributed by atoms with Crippen LogP contribution in [0.15, 0.2) is 59.5 Å². The van der Waals surface area contributed by atoms with E-state index in [9.17, 15) is 23.3 Å². The Morgan fingerprint density at radius 2 is 1.88 bits per heavy atom. The van der Waals surface area contributed by atoms with Gasteiger partial charge in [-0.2, -0.15) is 4.72 Å². The predicted molar refractivity (Wildman–Crippen MR) is 94.0 cm³/mol. The van der Waals surface area contributed by atoms with E-state index in [1.807, 2.05) is 0 Å². The lowest BCUT2D eigenvalue weighted by molar-refractivity contribution is -0.384. The van der Waals surface area contributed by atoms with Crippen molar-refractivity contribution < 1.29 is 22.9 Å². The number of nitrogens with zero attached hydrogens (tertiary/aromatic N) is 1. The highest BCUT2D eigenvalue weighted by molar-refractivity contribution is 7.89. The second-order valence-corrected chi connectivity index (χ2v) is 7.08. The highest BCUT2D eigenvalue weighted by atomic mass is 32.2. The van der Waals surface area contributed by atoms with Crippen LogP contribution < -0.4 is 4.72 Å². The number of nitro groups is 1. The van der Waals surface area contributed by atoms with Gasteiger partial charge in [0.1, 0.15) is 6.04 Å². The van der Waals surface area contributed by atoms with Crippen LogP contribution in [-0.2, 0) is 26.0 Å². The van der Waals surface area contributed by atoms with Gasteiger partial charge in [-0.05, 0) is 31.0 Å². The fourth-order valence-electron chi connectivity index (χ4n) is 2.30. The van der Waals surface area contributed by atoms with Crippen LogP contribution in [0.3, 0.4) is 0 Å². The molecule has 0 fully saturated rings. The zero-order valence-corrected chi connectivity index (χ0v) is 14.8. The molecule has 0 heterocycles. The number of benzene rings is 2. The van der Waals surface area contributed by atoms with Crippen LogP contribution in [-0.4, -0.2) is 32.0 Å². The fraction of sp³-hybridized carbons (Fsp3) is 0.235. The number of sulfonamides is 1. The van der Waals surface area contributed by atoms with Crippen LogP contribution in [0.1, 0.15) is 12.5 Å². The molecule has 138 valence electrons. The summed E-state index contributed by atoms with van der Waals surface area (Å²) in [4.78, 5) is 22.5. The predicted octanol–water partition coefficient (Wildman–Crippen LogP) is 2.05. The van der Waals surface area contributed by atoms with Crippen molar-refractivity contribution in [2.75, 3.05) is 6.61 Å². The van der Waals surface area contributed by atoms with E-state index in [0.717, 1.165) is 0 Å². The minimum atomic E-state index is -3.95. The third-order valence-corrected chi connectivity index (χ3v) is 4.97. The molecule has 0 radical (unpaired) electrons. The molecule has 1 N–H and O–H groups in total. The number of hydrogen-bond donors (Lipinski definition) is 1. The van der Waals surface area contributed by atoms with Gasteiger partial charge in [0.15, 0.2) is 0 Å². The van der Waals surface area contributed by atoms with Crippen molar-refractivity contribution in [3.8, 4) is 0 Å². The van der Waals surface area contributed by atoms with Gasteiger partial charge in [0.25, 0.3) is 5.69 Å². The van der Waals surface area contributed by atoms with Crippen molar-refractivity contribution >= 4 is 21.7 Å². The summed E-state index contributed by atoms with van der Waals surface area (Å²) in [6, 6.07) is 12.1. The average Bonchev–Trinajstić information content (AvgIpc) is 2.62. The highest BCUT2D eigenvalue weighted by Gasteiger charge is 2.27. The van der Waals surface area contributed by atoms with E-state index >= 15 is 0 Å². The molecular weight excluding hydrogens is 360 g/mol. The van der Waals surface area contributed by atoms with Crippen molar-refractivity contribution in [1.29, 1.82) is 0 Å². The molecule has 0 spiro atoms. The summed E-state index contributed by atoms with van der Waals surface area (Å²) in [5, 5.41) is 10.9. The number of carbonyl (C=O) groups excluding carboxylic acids is 1. The second-order valence-electron chi connectivity index (χ2n) is 5.37.